The summed E-state index contributed by atoms with van der Waals surface area (Å²) in [6.07, 6.45) is 0. The van der Waals surface area contributed by atoms with Crippen molar-refractivity contribution in [2.24, 2.45) is 5.92 Å². The van der Waals surface area contributed by atoms with E-state index in [9.17, 15) is 8.78 Å². The van der Waals surface area contributed by atoms with Gasteiger partial charge in [0, 0.05) is 31.3 Å². The number of anilines is 2. The minimum absolute atomic E-state index is 0.287. The van der Waals surface area contributed by atoms with Crippen LogP contribution in [-0.4, -0.2) is 19.1 Å². The Kier molecular flexibility index (Phi) is 3.22. The fourth-order valence-electron chi connectivity index (χ4n) is 2.19. The second-order valence-corrected chi connectivity index (χ2v) is 5.06. The molecule has 1 N–H and O–H groups in total. The molecule has 2 nitrogen and oxygen atoms in total. The van der Waals surface area contributed by atoms with Crippen molar-refractivity contribution in [2.75, 3.05) is 23.3 Å². The van der Waals surface area contributed by atoms with E-state index in [1.807, 2.05) is 0 Å². The second kappa shape index (κ2) is 4.51. The van der Waals surface area contributed by atoms with E-state index in [1.165, 1.54) is 12.1 Å². The fraction of sp³-hybridized carbons (Fsp3) is 0.538. The molecule has 0 bridgehead atoms. The van der Waals surface area contributed by atoms with Crippen molar-refractivity contribution >= 4 is 11.4 Å². The average Bonchev–Trinajstić information content (AvgIpc) is 2.25. The van der Waals surface area contributed by atoms with E-state index in [0.29, 0.717) is 11.6 Å². The van der Waals surface area contributed by atoms with E-state index in [0.717, 1.165) is 18.8 Å². The molecule has 1 aromatic rings. The molecule has 0 radical (unpaired) electrons. The smallest absolute Gasteiger partial charge is 0.161 e. The number of rotatable bonds is 2. The Hall–Kier alpha value is -1.32. The lowest BCUT2D eigenvalue weighted by Crippen LogP contribution is -2.44. The predicted octanol–water partition coefficient (Wildman–Crippen LogP) is 3.24. The first-order chi connectivity index (χ1) is 7.99. The topological polar surface area (TPSA) is 15.3 Å². The van der Waals surface area contributed by atoms with Gasteiger partial charge in [0.1, 0.15) is 0 Å². The van der Waals surface area contributed by atoms with Crippen molar-refractivity contribution in [3.63, 3.8) is 0 Å². The highest BCUT2D eigenvalue weighted by Crippen LogP contribution is 2.33. The first-order valence-electron chi connectivity index (χ1n) is 5.98. The van der Waals surface area contributed by atoms with Crippen molar-refractivity contribution in [3.8, 4) is 0 Å². The van der Waals surface area contributed by atoms with E-state index < -0.39 is 11.6 Å². The Morgan fingerprint density at radius 1 is 1.35 bits per heavy atom. The van der Waals surface area contributed by atoms with Crippen LogP contribution in [0.15, 0.2) is 12.1 Å². The summed E-state index contributed by atoms with van der Waals surface area (Å²) in [7, 11) is 0. The van der Waals surface area contributed by atoms with Crippen LogP contribution >= 0.6 is 0 Å². The number of halogens is 2. The maximum atomic E-state index is 13.3. The van der Waals surface area contributed by atoms with Gasteiger partial charge in [0.25, 0.3) is 0 Å². The molecule has 0 aromatic heterocycles. The molecule has 0 spiro atoms. The Labute approximate surface area is 101 Å². The lowest BCUT2D eigenvalue weighted by molar-refractivity contribution is 0.503. The summed E-state index contributed by atoms with van der Waals surface area (Å²) in [5.41, 5.74) is 1.44. The van der Waals surface area contributed by atoms with Gasteiger partial charge in [-0.1, -0.05) is 13.8 Å². The Bertz CT molecular complexity index is 418. The number of fused-ring (bicyclic) bond motifs is 1. The van der Waals surface area contributed by atoms with E-state index in [4.69, 9.17) is 0 Å². The lowest BCUT2D eigenvalue weighted by atomic mass is 10.1. The average molecular weight is 240 g/mol. The molecule has 1 aliphatic rings. The largest absolute Gasteiger partial charge is 0.381 e. The zero-order chi connectivity index (χ0) is 12.6. The minimum Gasteiger partial charge on any atom is -0.381 e. The molecule has 0 saturated heterocycles. The number of nitrogens with one attached hydrogen (secondary N) is 1. The Balaban J connectivity index is 2.40. The van der Waals surface area contributed by atoms with Crippen molar-refractivity contribution in [3.05, 3.63) is 23.8 Å². The summed E-state index contributed by atoms with van der Waals surface area (Å²) in [4.78, 5) is 2.14. The summed E-state index contributed by atoms with van der Waals surface area (Å²) < 4.78 is 26.5. The molecule has 0 fully saturated rings. The Morgan fingerprint density at radius 3 is 2.65 bits per heavy atom. The van der Waals surface area contributed by atoms with E-state index in [1.54, 1.807) is 0 Å². The second-order valence-electron chi connectivity index (χ2n) is 5.06. The van der Waals surface area contributed by atoms with Crippen molar-refractivity contribution < 1.29 is 8.78 Å². The highest BCUT2D eigenvalue weighted by molar-refractivity contribution is 5.73. The van der Waals surface area contributed by atoms with Crippen LogP contribution in [0.3, 0.4) is 0 Å². The SMILES string of the molecule is CC(C)CN1c2cc(F)c(F)cc2NCC1C. The number of hydrogen-bond donors (Lipinski definition) is 1. The molecule has 0 saturated carbocycles. The molecule has 17 heavy (non-hydrogen) atoms. The van der Waals surface area contributed by atoms with E-state index in [2.05, 4.69) is 31.0 Å². The van der Waals surface area contributed by atoms with Gasteiger partial charge in [0.05, 0.1) is 11.4 Å². The third-order valence-corrected chi connectivity index (χ3v) is 3.03. The third kappa shape index (κ3) is 2.35. The van der Waals surface area contributed by atoms with Crippen LogP contribution in [0.5, 0.6) is 0 Å². The van der Waals surface area contributed by atoms with Gasteiger partial charge in [-0.15, -0.1) is 0 Å². The van der Waals surface area contributed by atoms with Crippen molar-refractivity contribution in [1.29, 1.82) is 0 Å². The number of benzene rings is 1. The molecule has 1 heterocycles. The highest BCUT2D eigenvalue weighted by atomic mass is 19.2. The normalized spacial score (nSPS) is 19.2. The van der Waals surface area contributed by atoms with Crippen LogP contribution in [0.4, 0.5) is 20.2 Å². The van der Waals surface area contributed by atoms with Crippen LogP contribution in [-0.2, 0) is 0 Å². The van der Waals surface area contributed by atoms with Gasteiger partial charge in [-0.2, -0.15) is 0 Å². The molecular weight excluding hydrogens is 222 g/mol. The van der Waals surface area contributed by atoms with E-state index in [-0.39, 0.29) is 6.04 Å². The van der Waals surface area contributed by atoms with E-state index >= 15 is 0 Å². The monoisotopic (exact) mass is 240 g/mol. The van der Waals surface area contributed by atoms with Crippen molar-refractivity contribution in [1.82, 2.24) is 0 Å². The van der Waals surface area contributed by atoms with Gasteiger partial charge in [-0.05, 0) is 12.8 Å². The predicted molar refractivity (Wildman–Crippen MR) is 66.5 cm³/mol. The molecule has 0 amide bonds. The highest BCUT2D eigenvalue weighted by Gasteiger charge is 2.25. The van der Waals surface area contributed by atoms with Crippen LogP contribution in [0.2, 0.25) is 0 Å². The summed E-state index contributed by atoms with van der Waals surface area (Å²) in [5.74, 6) is -1.10. The zero-order valence-corrected chi connectivity index (χ0v) is 10.4. The fourth-order valence-corrected chi connectivity index (χ4v) is 2.19. The van der Waals surface area contributed by atoms with Gasteiger partial charge in [-0.3, -0.25) is 0 Å². The van der Waals surface area contributed by atoms with Crippen LogP contribution in [0, 0.1) is 17.6 Å². The van der Waals surface area contributed by atoms with Crippen LogP contribution in [0.25, 0.3) is 0 Å². The summed E-state index contributed by atoms with van der Waals surface area (Å²) in [5, 5.41) is 3.14. The minimum atomic E-state index is -0.796. The molecule has 94 valence electrons. The van der Waals surface area contributed by atoms with Crippen LogP contribution < -0.4 is 10.2 Å². The quantitative estimate of drug-likeness (QED) is 0.853. The zero-order valence-electron chi connectivity index (χ0n) is 10.4. The third-order valence-electron chi connectivity index (χ3n) is 3.03. The van der Waals surface area contributed by atoms with Gasteiger partial charge in [-0.25, -0.2) is 8.78 Å². The molecular formula is C13H18F2N2. The summed E-state index contributed by atoms with van der Waals surface area (Å²) in [6, 6.07) is 2.81. The molecule has 2 rings (SSSR count). The van der Waals surface area contributed by atoms with Gasteiger partial charge < -0.3 is 10.2 Å². The molecule has 1 aromatic carbocycles. The number of hydrogen-bond acceptors (Lipinski definition) is 2. The molecule has 1 unspecified atom stereocenters. The lowest BCUT2D eigenvalue weighted by Gasteiger charge is -2.38. The molecule has 1 atom stereocenters. The first-order valence-corrected chi connectivity index (χ1v) is 5.98. The summed E-state index contributed by atoms with van der Waals surface area (Å²) >= 11 is 0. The van der Waals surface area contributed by atoms with Gasteiger partial charge >= 0.3 is 0 Å². The first kappa shape index (κ1) is 12.1. The molecule has 4 heteroatoms. The van der Waals surface area contributed by atoms with Gasteiger partial charge in [0.2, 0.25) is 0 Å². The van der Waals surface area contributed by atoms with Gasteiger partial charge in [0.15, 0.2) is 11.6 Å². The standard InChI is InChI=1S/C13H18F2N2/c1-8(2)7-17-9(3)6-16-12-4-10(14)11(15)5-13(12)17/h4-5,8-9,16H,6-7H2,1-3H3. The maximum Gasteiger partial charge on any atom is 0.161 e. The molecule has 1 aliphatic heterocycles. The Morgan fingerprint density at radius 2 is 2.00 bits per heavy atom. The molecule has 0 aliphatic carbocycles. The maximum absolute atomic E-state index is 13.3. The van der Waals surface area contributed by atoms with Crippen molar-refractivity contribution in [2.45, 2.75) is 26.8 Å². The summed E-state index contributed by atoms with van der Waals surface area (Å²) in [6.45, 7) is 7.92. The van der Waals surface area contributed by atoms with Crippen LogP contribution in [0.1, 0.15) is 20.8 Å². The number of nitrogens with zero attached hydrogens (tertiary/aromatic N) is 1.